The van der Waals surface area contributed by atoms with Crippen LogP contribution in [0, 0.1) is 12.3 Å². The van der Waals surface area contributed by atoms with Gasteiger partial charge in [-0.15, -0.1) is 6.42 Å². The van der Waals surface area contributed by atoms with Gasteiger partial charge in [0.2, 0.25) is 0 Å². The van der Waals surface area contributed by atoms with Gasteiger partial charge in [-0.1, -0.05) is 5.92 Å². The van der Waals surface area contributed by atoms with Crippen molar-refractivity contribution in [3.8, 4) is 12.3 Å². The van der Waals surface area contributed by atoms with Crippen molar-refractivity contribution < 1.29 is 0 Å². The fourth-order valence-electron chi connectivity index (χ4n) is 1.68. The second kappa shape index (κ2) is 6.70. The highest BCUT2D eigenvalue weighted by Crippen LogP contribution is 2.37. The van der Waals surface area contributed by atoms with Gasteiger partial charge in [-0.05, 0) is 32.4 Å². The fourth-order valence-corrected chi connectivity index (χ4v) is 2.91. The van der Waals surface area contributed by atoms with Crippen molar-refractivity contribution in [3.05, 3.63) is 0 Å². The SMILES string of the molecule is C#CCNC(=NCC1(C)CCCS1)NCC. The number of nitrogens with one attached hydrogen (secondary N) is 2. The van der Waals surface area contributed by atoms with E-state index in [9.17, 15) is 0 Å². The minimum absolute atomic E-state index is 0.318. The van der Waals surface area contributed by atoms with E-state index in [0.717, 1.165) is 19.0 Å². The Morgan fingerprint density at radius 3 is 2.94 bits per heavy atom. The number of nitrogens with zero attached hydrogens (tertiary/aromatic N) is 1. The second-order valence-corrected chi connectivity index (χ2v) is 5.84. The first kappa shape index (κ1) is 13.2. The third-order valence-corrected chi connectivity index (χ3v) is 4.10. The van der Waals surface area contributed by atoms with Crippen LogP contribution < -0.4 is 10.6 Å². The average molecular weight is 239 g/mol. The molecule has 0 radical (unpaired) electrons. The summed E-state index contributed by atoms with van der Waals surface area (Å²) in [5.74, 6) is 4.65. The molecule has 0 aromatic carbocycles. The van der Waals surface area contributed by atoms with E-state index in [-0.39, 0.29) is 0 Å². The maximum Gasteiger partial charge on any atom is 0.192 e. The molecule has 2 N–H and O–H groups in total. The molecule has 1 aliphatic heterocycles. The molecule has 90 valence electrons. The zero-order chi connectivity index (χ0) is 11.9. The molecule has 1 atom stereocenters. The molecule has 1 unspecified atom stereocenters. The van der Waals surface area contributed by atoms with Crippen molar-refractivity contribution in [1.82, 2.24) is 10.6 Å². The second-order valence-electron chi connectivity index (χ2n) is 4.15. The van der Waals surface area contributed by atoms with Gasteiger partial charge in [0.15, 0.2) is 5.96 Å². The monoisotopic (exact) mass is 239 g/mol. The van der Waals surface area contributed by atoms with E-state index < -0.39 is 0 Å². The van der Waals surface area contributed by atoms with Crippen LogP contribution in [-0.2, 0) is 0 Å². The number of rotatable bonds is 4. The highest BCUT2D eigenvalue weighted by molar-refractivity contribution is 8.00. The van der Waals surface area contributed by atoms with Crippen LogP contribution in [0.15, 0.2) is 4.99 Å². The van der Waals surface area contributed by atoms with E-state index in [1.165, 1.54) is 18.6 Å². The van der Waals surface area contributed by atoms with Crippen molar-refractivity contribution in [2.75, 3.05) is 25.4 Å². The molecule has 0 aliphatic carbocycles. The zero-order valence-corrected chi connectivity index (χ0v) is 11.0. The standard InChI is InChI=1S/C12H21N3S/c1-4-8-14-11(13-5-2)15-10-12(3)7-6-9-16-12/h1H,5-10H2,2-3H3,(H2,13,14,15). The van der Waals surface area contributed by atoms with Crippen LogP contribution in [0.25, 0.3) is 0 Å². The molecule has 1 rings (SSSR count). The zero-order valence-electron chi connectivity index (χ0n) is 10.2. The normalized spacial score (nSPS) is 25.2. The largest absolute Gasteiger partial charge is 0.357 e. The molecule has 0 aromatic heterocycles. The van der Waals surface area contributed by atoms with Crippen LogP contribution >= 0.6 is 11.8 Å². The number of thioether (sulfide) groups is 1. The Hall–Kier alpha value is -0.820. The van der Waals surface area contributed by atoms with Crippen LogP contribution in [0.3, 0.4) is 0 Å². The summed E-state index contributed by atoms with van der Waals surface area (Å²) in [7, 11) is 0. The first-order chi connectivity index (χ1) is 7.70. The summed E-state index contributed by atoms with van der Waals surface area (Å²) in [5, 5.41) is 6.30. The number of aliphatic imine (C=N–C) groups is 1. The van der Waals surface area contributed by atoms with Crippen molar-refractivity contribution in [2.24, 2.45) is 4.99 Å². The molecule has 1 heterocycles. The van der Waals surface area contributed by atoms with Crippen LogP contribution in [0.4, 0.5) is 0 Å². The number of terminal acetylenes is 1. The van der Waals surface area contributed by atoms with Gasteiger partial charge in [0.05, 0.1) is 13.1 Å². The number of guanidine groups is 1. The molecule has 0 amide bonds. The molecule has 1 aliphatic rings. The Morgan fingerprint density at radius 1 is 1.56 bits per heavy atom. The Balaban J connectivity index is 2.46. The molecule has 0 aromatic rings. The van der Waals surface area contributed by atoms with Gasteiger partial charge < -0.3 is 10.6 Å². The first-order valence-electron chi connectivity index (χ1n) is 5.80. The van der Waals surface area contributed by atoms with Crippen molar-refractivity contribution >= 4 is 17.7 Å². The maximum absolute atomic E-state index is 5.22. The van der Waals surface area contributed by atoms with Gasteiger partial charge in [0.25, 0.3) is 0 Å². The fraction of sp³-hybridized carbons (Fsp3) is 0.750. The lowest BCUT2D eigenvalue weighted by Gasteiger charge is -2.20. The van der Waals surface area contributed by atoms with Gasteiger partial charge in [0, 0.05) is 11.3 Å². The van der Waals surface area contributed by atoms with Crippen molar-refractivity contribution in [1.29, 1.82) is 0 Å². The quantitative estimate of drug-likeness (QED) is 0.443. The molecule has 0 saturated carbocycles. The average Bonchev–Trinajstić information content (AvgIpc) is 2.70. The van der Waals surface area contributed by atoms with E-state index >= 15 is 0 Å². The lowest BCUT2D eigenvalue weighted by molar-refractivity contribution is 0.615. The maximum atomic E-state index is 5.22. The summed E-state index contributed by atoms with van der Waals surface area (Å²) in [6, 6.07) is 0. The number of hydrogen-bond donors (Lipinski definition) is 2. The third-order valence-electron chi connectivity index (χ3n) is 2.57. The predicted molar refractivity (Wildman–Crippen MR) is 72.9 cm³/mol. The predicted octanol–water partition coefficient (Wildman–Crippen LogP) is 1.46. The summed E-state index contributed by atoms with van der Waals surface area (Å²) >= 11 is 2.03. The topological polar surface area (TPSA) is 36.4 Å². The van der Waals surface area contributed by atoms with Crippen molar-refractivity contribution in [2.45, 2.75) is 31.4 Å². The number of hydrogen-bond acceptors (Lipinski definition) is 2. The summed E-state index contributed by atoms with van der Waals surface area (Å²) in [6.07, 6.45) is 7.79. The van der Waals surface area contributed by atoms with E-state index in [4.69, 9.17) is 6.42 Å². The summed E-state index contributed by atoms with van der Waals surface area (Å²) in [6.45, 7) is 6.59. The van der Waals surface area contributed by atoms with Crippen molar-refractivity contribution in [3.63, 3.8) is 0 Å². The van der Waals surface area contributed by atoms with Gasteiger partial charge in [0.1, 0.15) is 0 Å². The molecule has 16 heavy (non-hydrogen) atoms. The van der Waals surface area contributed by atoms with Crippen LogP contribution in [0.5, 0.6) is 0 Å². The summed E-state index contributed by atoms with van der Waals surface area (Å²) in [4.78, 5) is 4.58. The molecule has 3 nitrogen and oxygen atoms in total. The Kier molecular flexibility index (Phi) is 5.54. The molecular weight excluding hydrogens is 218 g/mol. The Morgan fingerprint density at radius 2 is 2.38 bits per heavy atom. The smallest absolute Gasteiger partial charge is 0.192 e. The molecule has 4 heteroatoms. The van der Waals surface area contributed by atoms with E-state index in [0.29, 0.717) is 11.3 Å². The van der Waals surface area contributed by atoms with E-state index in [1.807, 2.05) is 11.8 Å². The Bertz CT molecular complexity index is 274. The van der Waals surface area contributed by atoms with Crippen LogP contribution in [0.1, 0.15) is 26.7 Å². The van der Waals surface area contributed by atoms with Crippen LogP contribution in [0.2, 0.25) is 0 Å². The highest BCUT2D eigenvalue weighted by atomic mass is 32.2. The minimum Gasteiger partial charge on any atom is -0.357 e. The highest BCUT2D eigenvalue weighted by Gasteiger charge is 2.29. The van der Waals surface area contributed by atoms with E-state index in [2.05, 4.69) is 35.4 Å². The third kappa shape index (κ3) is 4.36. The lowest BCUT2D eigenvalue weighted by Crippen LogP contribution is -2.38. The van der Waals surface area contributed by atoms with Crippen LogP contribution in [-0.4, -0.2) is 36.1 Å². The lowest BCUT2D eigenvalue weighted by atomic mass is 10.1. The first-order valence-corrected chi connectivity index (χ1v) is 6.78. The molecule has 0 spiro atoms. The van der Waals surface area contributed by atoms with Gasteiger partial charge in [-0.25, -0.2) is 0 Å². The molecular formula is C12H21N3S. The van der Waals surface area contributed by atoms with Gasteiger partial charge in [-0.2, -0.15) is 11.8 Å². The van der Waals surface area contributed by atoms with E-state index in [1.54, 1.807) is 0 Å². The Labute approximate surface area is 103 Å². The van der Waals surface area contributed by atoms with Gasteiger partial charge >= 0.3 is 0 Å². The summed E-state index contributed by atoms with van der Waals surface area (Å²) in [5.41, 5.74) is 0. The molecule has 1 saturated heterocycles. The summed E-state index contributed by atoms with van der Waals surface area (Å²) < 4.78 is 0.318. The van der Waals surface area contributed by atoms with Gasteiger partial charge in [-0.3, -0.25) is 4.99 Å². The minimum atomic E-state index is 0.318. The molecule has 1 fully saturated rings. The molecule has 0 bridgehead atoms.